The monoisotopic (exact) mass is 422 g/mol. The number of carboxylic acid groups (broad SMARTS) is 1. The minimum absolute atomic E-state index is 0.223. The van der Waals surface area contributed by atoms with E-state index in [1.54, 1.807) is 39.0 Å². The highest BCUT2D eigenvalue weighted by Gasteiger charge is 2.70. The second kappa shape index (κ2) is 7.44. The Hall–Kier alpha value is -2.42. The minimum Gasteiger partial charge on any atom is -0.493 e. The van der Waals surface area contributed by atoms with E-state index >= 15 is 0 Å². The van der Waals surface area contributed by atoms with Crippen molar-refractivity contribution in [2.75, 3.05) is 13.2 Å². The molecule has 0 aliphatic carbocycles. The zero-order chi connectivity index (χ0) is 21.6. The average molecular weight is 423 g/mol. The Kier molecular flexibility index (Phi) is 5.46. The van der Waals surface area contributed by atoms with Crippen LogP contribution in [0.5, 0.6) is 11.5 Å². The molecule has 1 aromatic carbocycles. The number of carboxylic acids is 1. The largest absolute Gasteiger partial charge is 0.493 e. The molecule has 0 bridgehead atoms. The summed E-state index contributed by atoms with van der Waals surface area (Å²) in [6.07, 6.45) is 0. The van der Waals surface area contributed by atoms with Gasteiger partial charge in [0.1, 0.15) is 34.0 Å². The number of carbonyl (C=O) groups excluding carboxylic acids is 2. The molecule has 8 nitrogen and oxygen atoms in total. The first kappa shape index (κ1) is 21.3. The van der Waals surface area contributed by atoms with Crippen LogP contribution >= 0.6 is 11.8 Å². The first-order valence-corrected chi connectivity index (χ1v) is 10.4. The number of benzene rings is 1. The van der Waals surface area contributed by atoms with Crippen LogP contribution in [0.2, 0.25) is 0 Å². The average Bonchev–Trinajstić information content (AvgIpc) is 2.92. The molecule has 0 saturated carbocycles. The molecule has 3 rings (SSSR count). The fourth-order valence-corrected chi connectivity index (χ4v) is 5.57. The third-order valence-corrected chi connectivity index (χ3v) is 6.95. The first-order chi connectivity index (χ1) is 13.6. The number of amides is 2. The molecule has 0 aromatic heterocycles. The van der Waals surface area contributed by atoms with Gasteiger partial charge in [-0.3, -0.25) is 9.59 Å². The van der Waals surface area contributed by atoms with Crippen LogP contribution in [-0.2, 0) is 9.59 Å². The molecular weight excluding hydrogens is 396 g/mol. The van der Waals surface area contributed by atoms with Gasteiger partial charge in [0.25, 0.3) is 11.8 Å². The smallest absolute Gasteiger partial charge is 0.327 e. The Labute approximate surface area is 173 Å². The van der Waals surface area contributed by atoms with Crippen LogP contribution in [0.1, 0.15) is 45.0 Å². The molecule has 3 atom stereocenters. The van der Waals surface area contributed by atoms with Gasteiger partial charge in [0.05, 0.1) is 13.2 Å². The highest BCUT2D eigenvalue weighted by Crippen LogP contribution is 2.54. The number of fused-ring (bicyclic) bond motifs is 1. The van der Waals surface area contributed by atoms with Gasteiger partial charge in [0.2, 0.25) is 0 Å². The predicted octanol–water partition coefficient (Wildman–Crippen LogP) is 2.12. The van der Waals surface area contributed by atoms with E-state index in [1.807, 2.05) is 13.8 Å². The topological polar surface area (TPSA) is 105 Å². The molecule has 2 fully saturated rings. The maximum absolute atomic E-state index is 13.2. The van der Waals surface area contributed by atoms with E-state index < -0.39 is 39.5 Å². The maximum atomic E-state index is 13.2. The SMILES string of the molecule is CCOc1cccc(OCC)c1C(=O)N[C@@]1(C)C(=O)N2[C@@H](C(=O)O)C(C)(C)S[C@@H]21. The van der Waals surface area contributed by atoms with Crippen molar-refractivity contribution in [1.29, 1.82) is 0 Å². The number of carbonyl (C=O) groups is 3. The Balaban J connectivity index is 1.91. The van der Waals surface area contributed by atoms with Crippen LogP contribution in [0, 0.1) is 0 Å². The van der Waals surface area contributed by atoms with Gasteiger partial charge in [-0.15, -0.1) is 11.8 Å². The molecule has 0 spiro atoms. The maximum Gasteiger partial charge on any atom is 0.327 e. The van der Waals surface area contributed by atoms with Gasteiger partial charge in [-0.25, -0.2) is 4.79 Å². The fraction of sp³-hybridized carbons (Fsp3) is 0.550. The summed E-state index contributed by atoms with van der Waals surface area (Å²) in [5.74, 6) is -1.22. The number of nitrogens with one attached hydrogen (secondary N) is 1. The number of rotatable bonds is 7. The van der Waals surface area contributed by atoms with Crippen LogP contribution in [-0.4, -0.2) is 62.7 Å². The molecule has 2 saturated heterocycles. The highest BCUT2D eigenvalue weighted by molar-refractivity contribution is 8.01. The lowest BCUT2D eigenvalue weighted by Crippen LogP contribution is -2.78. The van der Waals surface area contributed by atoms with Crippen molar-refractivity contribution < 1.29 is 29.0 Å². The molecule has 0 unspecified atom stereocenters. The zero-order valence-electron chi connectivity index (χ0n) is 17.1. The Morgan fingerprint density at radius 3 is 2.21 bits per heavy atom. The highest BCUT2D eigenvalue weighted by atomic mass is 32.2. The summed E-state index contributed by atoms with van der Waals surface area (Å²) in [4.78, 5) is 39.2. The third-order valence-electron chi connectivity index (χ3n) is 5.20. The van der Waals surface area contributed by atoms with Crippen LogP contribution in [0.4, 0.5) is 0 Å². The van der Waals surface area contributed by atoms with Gasteiger partial charge >= 0.3 is 5.97 Å². The van der Waals surface area contributed by atoms with Crippen molar-refractivity contribution in [3.8, 4) is 11.5 Å². The standard InChI is InChI=1S/C20H26N2O6S/c1-6-27-11-9-8-10-12(28-7-2)13(11)15(23)21-20(5)17(26)22-14(16(24)25)19(3,4)29-18(20)22/h8-10,14,18H,6-7H2,1-5H3,(H,21,23)(H,24,25)/t14-,18+,20-/m0/s1. The number of ether oxygens (including phenoxy) is 2. The van der Waals surface area contributed by atoms with Crippen LogP contribution < -0.4 is 14.8 Å². The van der Waals surface area contributed by atoms with Gasteiger partial charge in [-0.05, 0) is 46.8 Å². The lowest BCUT2D eigenvalue weighted by atomic mass is 9.86. The molecule has 29 heavy (non-hydrogen) atoms. The van der Waals surface area contributed by atoms with E-state index in [2.05, 4.69) is 5.32 Å². The van der Waals surface area contributed by atoms with Crippen LogP contribution in [0.25, 0.3) is 0 Å². The van der Waals surface area contributed by atoms with Crippen molar-refractivity contribution >= 4 is 29.5 Å². The van der Waals surface area contributed by atoms with E-state index in [0.717, 1.165) is 0 Å². The summed E-state index contributed by atoms with van der Waals surface area (Å²) in [6.45, 7) is 9.58. The summed E-state index contributed by atoms with van der Waals surface area (Å²) >= 11 is 1.38. The number of hydrogen-bond acceptors (Lipinski definition) is 6. The molecule has 0 radical (unpaired) electrons. The number of hydrogen-bond donors (Lipinski definition) is 2. The predicted molar refractivity (Wildman–Crippen MR) is 108 cm³/mol. The van der Waals surface area contributed by atoms with E-state index in [-0.39, 0.29) is 5.56 Å². The summed E-state index contributed by atoms with van der Waals surface area (Å²) in [6, 6.07) is 4.14. The summed E-state index contributed by atoms with van der Waals surface area (Å²) in [5.41, 5.74) is -0.993. The Morgan fingerprint density at radius 2 is 1.72 bits per heavy atom. The van der Waals surface area contributed by atoms with E-state index in [4.69, 9.17) is 9.47 Å². The number of thioether (sulfide) groups is 1. The molecule has 2 heterocycles. The van der Waals surface area contributed by atoms with Crippen LogP contribution in [0.3, 0.4) is 0 Å². The van der Waals surface area contributed by atoms with E-state index in [9.17, 15) is 19.5 Å². The normalized spacial score (nSPS) is 27.1. The van der Waals surface area contributed by atoms with Gasteiger partial charge in [0, 0.05) is 4.75 Å². The zero-order valence-corrected chi connectivity index (χ0v) is 18.0. The lowest BCUT2D eigenvalue weighted by molar-refractivity contribution is -0.165. The summed E-state index contributed by atoms with van der Waals surface area (Å²) in [7, 11) is 0. The molecule has 2 N–H and O–H groups in total. The van der Waals surface area contributed by atoms with Gasteiger partial charge < -0.3 is 24.8 Å². The van der Waals surface area contributed by atoms with Gasteiger partial charge in [-0.1, -0.05) is 6.07 Å². The molecule has 2 aliphatic heterocycles. The van der Waals surface area contributed by atoms with Crippen LogP contribution in [0.15, 0.2) is 18.2 Å². The molecule has 9 heteroatoms. The Morgan fingerprint density at radius 1 is 1.17 bits per heavy atom. The number of β-lactam (4-membered cyclic amide) rings is 1. The number of nitrogens with zero attached hydrogens (tertiary/aromatic N) is 1. The fourth-order valence-electron chi connectivity index (χ4n) is 3.92. The Bertz CT molecular complexity index is 833. The molecule has 158 valence electrons. The van der Waals surface area contributed by atoms with Crippen molar-refractivity contribution in [3.63, 3.8) is 0 Å². The summed E-state index contributed by atoms with van der Waals surface area (Å²) in [5, 5.41) is 11.9. The molecule has 1 aromatic rings. The van der Waals surface area contributed by atoms with E-state index in [1.165, 1.54) is 16.7 Å². The van der Waals surface area contributed by atoms with E-state index in [0.29, 0.717) is 24.7 Å². The lowest BCUT2D eigenvalue weighted by Gasteiger charge is -2.51. The van der Waals surface area contributed by atoms with Gasteiger partial charge in [-0.2, -0.15) is 0 Å². The first-order valence-electron chi connectivity index (χ1n) is 9.53. The molecule has 2 aliphatic rings. The van der Waals surface area contributed by atoms with Crippen molar-refractivity contribution in [2.24, 2.45) is 0 Å². The quantitative estimate of drug-likeness (QED) is 0.649. The van der Waals surface area contributed by atoms with Crippen molar-refractivity contribution in [2.45, 2.75) is 56.3 Å². The summed E-state index contributed by atoms with van der Waals surface area (Å²) < 4.78 is 10.5. The van der Waals surface area contributed by atoms with Gasteiger partial charge in [0.15, 0.2) is 0 Å². The third kappa shape index (κ3) is 3.31. The minimum atomic E-state index is -1.22. The second-order valence-electron chi connectivity index (χ2n) is 7.68. The second-order valence-corrected chi connectivity index (χ2v) is 9.41. The molecular formula is C20H26N2O6S. The van der Waals surface area contributed by atoms with Crippen molar-refractivity contribution in [1.82, 2.24) is 10.2 Å². The number of aliphatic carboxylic acids is 1. The molecule has 2 amide bonds. The van der Waals surface area contributed by atoms with Crippen molar-refractivity contribution in [3.05, 3.63) is 23.8 Å².